The summed E-state index contributed by atoms with van der Waals surface area (Å²) >= 11 is 0. The molecule has 1 fully saturated rings. The van der Waals surface area contributed by atoms with Crippen LogP contribution in [0.5, 0.6) is 0 Å². The molecule has 1 saturated heterocycles. The van der Waals surface area contributed by atoms with E-state index in [-0.39, 0.29) is 12.4 Å². The molecule has 0 saturated carbocycles. The van der Waals surface area contributed by atoms with Crippen molar-refractivity contribution >= 4 is 5.69 Å². The molecule has 0 amide bonds. The summed E-state index contributed by atoms with van der Waals surface area (Å²) in [6.45, 7) is 1.74. The molecule has 104 valence electrons. The van der Waals surface area contributed by atoms with Crippen LogP contribution in [0.2, 0.25) is 0 Å². The zero-order chi connectivity index (χ0) is 13.9. The van der Waals surface area contributed by atoms with Gasteiger partial charge in [-0.05, 0) is 30.2 Å². The Bertz CT molecular complexity index is 585. The molecule has 1 heterocycles. The molecular formula is C17H18FNO. The molecule has 3 heteroatoms. The summed E-state index contributed by atoms with van der Waals surface area (Å²) in [5.41, 5.74) is 2.97. The highest BCUT2D eigenvalue weighted by atomic mass is 19.1. The van der Waals surface area contributed by atoms with Gasteiger partial charge in [0, 0.05) is 30.3 Å². The van der Waals surface area contributed by atoms with Crippen LogP contribution in [0.1, 0.15) is 23.5 Å². The molecule has 0 radical (unpaired) electrons. The van der Waals surface area contributed by atoms with E-state index in [1.165, 1.54) is 17.7 Å². The third-order valence-electron chi connectivity index (χ3n) is 4.01. The number of halogens is 1. The van der Waals surface area contributed by atoms with E-state index < -0.39 is 0 Å². The van der Waals surface area contributed by atoms with Gasteiger partial charge in [0.15, 0.2) is 0 Å². The molecule has 0 aromatic heterocycles. The van der Waals surface area contributed by atoms with Gasteiger partial charge in [0.25, 0.3) is 0 Å². The highest BCUT2D eigenvalue weighted by Crippen LogP contribution is 2.32. The summed E-state index contributed by atoms with van der Waals surface area (Å²) in [6.07, 6.45) is 1.09. The minimum Gasteiger partial charge on any atom is -0.392 e. The minimum atomic E-state index is -0.295. The molecule has 0 bridgehead atoms. The minimum absolute atomic E-state index is 0.125. The fourth-order valence-electron chi connectivity index (χ4n) is 2.97. The number of hydrogen-bond donors (Lipinski definition) is 1. The van der Waals surface area contributed by atoms with E-state index in [9.17, 15) is 9.50 Å². The van der Waals surface area contributed by atoms with Crippen LogP contribution in [-0.4, -0.2) is 18.2 Å². The number of hydrogen-bond acceptors (Lipinski definition) is 2. The summed E-state index contributed by atoms with van der Waals surface area (Å²) in [7, 11) is 0. The average Bonchev–Trinajstić information content (AvgIpc) is 2.97. The normalized spacial score (nSPS) is 18.5. The van der Waals surface area contributed by atoms with Crippen molar-refractivity contribution in [1.29, 1.82) is 0 Å². The standard InChI is InChI=1S/C17H18FNO/c18-16-6-7-17(15(10-16)12-20)19-9-8-14(11-19)13-4-2-1-3-5-13/h1-7,10,14,20H,8-9,11-12H2. The molecule has 2 aromatic carbocycles. The van der Waals surface area contributed by atoms with Crippen LogP contribution >= 0.6 is 0 Å². The van der Waals surface area contributed by atoms with Crippen molar-refractivity contribution in [2.45, 2.75) is 18.9 Å². The predicted octanol–water partition coefficient (Wildman–Crippen LogP) is 3.31. The number of rotatable bonds is 3. The van der Waals surface area contributed by atoms with Gasteiger partial charge in [-0.25, -0.2) is 4.39 Å². The van der Waals surface area contributed by atoms with Gasteiger partial charge in [-0.15, -0.1) is 0 Å². The van der Waals surface area contributed by atoms with Crippen LogP contribution in [0, 0.1) is 5.82 Å². The average molecular weight is 271 g/mol. The van der Waals surface area contributed by atoms with Crippen molar-refractivity contribution in [3.63, 3.8) is 0 Å². The van der Waals surface area contributed by atoms with Gasteiger partial charge in [0.1, 0.15) is 5.82 Å². The maximum absolute atomic E-state index is 13.2. The first-order valence-electron chi connectivity index (χ1n) is 6.97. The summed E-state index contributed by atoms with van der Waals surface area (Å²) < 4.78 is 13.2. The molecule has 0 spiro atoms. The molecule has 1 atom stereocenters. The smallest absolute Gasteiger partial charge is 0.123 e. The highest BCUT2D eigenvalue weighted by Gasteiger charge is 2.25. The Morgan fingerprint density at radius 1 is 1.15 bits per heavy atom. The first kappa shape index (κ1) is 13.1. The zero-order valence-electron chi connectivity index (χ0n) is 11.3. The third-order valence-corrected chi connectivity index (χ3v) is 4.01. The Balaban J connectivity index is 1.81. The summed E-state index contributed by atoms with van der Waals surface area (Å²) in [5, 5.41) is 9.39. The van der Waals surface area contributed by atoms with Crippen molar-refractivity contribution < 1.29 is 9.50 Å². The molecule has 1 aliphatic rings. The first-order chi connectivity index (χ1) is 9.78. The fourth-order valence-corrected chi connectivity index (χ4v) is 2.97. The second-order valence-electron chi connectivity index (χ2n) is 5.27. The summed E-state index contributed by atoms with van der Waals surface area (Å²) in [5.74, 6) is 0.212. The maximum atomic E-state index is 13.2. The maximum Gasteiger partial charge on any atom is 0.123 e. The molecular weight excluding hydrogens is 253 g/mol. The van der Waals surface area contributed by atoms with Crippen LogP contribution < -0.4 is 4.90 Å². The molecule has 1 aliphatic heterocycles. The Morgan fingerprint density at radius 3 is 2.70 bits per heavy atom. The van der Waals surface area contributed by atoms with E-state index in [4.69, 9.17) is 0 Å². The van der Waals surface area contributed by atoms with Crippen LogP contribution in [0.4, 0.5) is 10.1 Å². The highest BCUT2D eigenvalue weighted by molar-refractivity contribution is 5.55. The van der Waals surface area contributed by atoms with Crippen LogP contribution in [0.25, 0.3) is 0 Å². The van der Waals surface area contributed by atoms with Gasteiger partial charge >= 0.3 is 0 Å². The van der Waals surface area contributed by atoms with Crippen molar-refractivity contribution in [3.05, 3.63) is 65.5 Å². The lowest BCUT2D eigenvalue weighted by Gasteiger charge is -2.21. The van der Waals surface area contributed by atoms with Gasteiger partial charge in [0.2, 0.25) is 0 Å². The van der Waals surface area contributed by atoms with Gasteiger partial charge in [0.05, 0.1) is 6.61 Å². The second-order valence-corrected chi connectivity index (χ2v) is 5.27. The lowest BCUT2D eigenvalue weighted by atomic mass is 9.99. The lowest BCUT2D eigenvalue weighted by molar-refractivity contribution is 0.281. The number of aliphatic hydroxyl groups excluding tert-OH is 1. The Labute approximate surface area is 118 Å². The van der Waals surface area contributed by atoms with Gasteiger partial charge < -0.3 is 10.0 Å². The molecule has 2 nitrogen and oxygen atoms in total. The Hall–Kier alpha value is -1.87. The fraction of sp³-hybridized carbons (Fsp3) is 0.294. The summed E-state index contributed by atoms with van der Waals surface area (Å²) in [6, 6.07) is 15.1. The van der Waals surface area contributed by atoms with E-state index in [0.29, 0.717) is 11.5 Å². The number of nitrogens with zero attached hydrogens (tertiary/aromatic N) is 1. The van der Waals surface area contributed by atoms with Crippen molar-refractivity contribution in [1.82, 2.24) is 0 Å². The molecule has 20 heavy (non-hydrogen) atoms. The Morgan fingerprint density at radius 2 is 1.95 bits per heavy atom. The van der Waals surface area contributed by atoms with Gasteiger partial charge in [-0.1, -0.05) is 30.3 Å². The van der Waals surface area contributed by atoms with Crippen molar-refractivity contribution in [2.75, 3.05) is 18.0 Å². The van der Waals surface area contributed by atoms with E-state index in [0.717, 1.165) is 25.2 Å². The second kappa shape index (κ2) is 5.63. The molecule has 3 rings (SSSR count). The zero-order valence-corrected chi connectivity index (χ0v) is 11.3. The number of anilines is 1. The first-order valence-corrected chi connectivity index (χ1v) is 6.97. The van der Waals surface area contributed by atoms with Gasteiger partial charge in [-0.3, -0.25) is 0 Å². The number of benzene rings is 2. The van der Waals surface area contributed by atoms with E-state index in [1.807, 2.05) is 6.07 Å². The molecule has 1 N–H and O–H groups in total. The molecule has 0 aliphatic carbocycles. The van der Waals surface area contributed by atoms with Crippen LogP contribution in [0.3, 0.4) is 0 Å². The van der Waals surface area contributed by atoms with Crippen LogP contribution in [-0.2, 0) is 6.61 Å². The van der Waals surface area contributed by atoms with E-state index in [1.54, 1.807) is 6.07 Å². The van der Waals surface area contributed by atoms with Crippen molar-refractivity contribution in [3.8, 4) is 0 Å². The molecule has 1 unspecified atom stereocenters. The largest absolute Gasteiger partial charge is 0.392 e. The van der Waals surface area contributed by atoms with Crippen LogP contribution in [0.15, 0.2) is 48.5 Å². The van der Waals surface area contributed by atoms with E-state index >= 15 is 0 Å². The number of aliphatic hydroxyl groups is 1. The van der Waals surface area contributed by atoms with Gasteiger partial charge in [-0.2, -0.15) is 0 Å². The lowest BCUT2D eigenvalue weighted by Crippen LogP contribution is -2.20. The van der Waals surface area contributed by atoms with Crippen molar-refractivity contribution in [2.24, 2.45) is 0 Å². The molecule has 2 aromatic rings. The Kier molecular flexibility index (Phi) is 3.70. The van der Waals surface area contributed by atoms with E-state index in [2.05, 4.69) is 29.2 Å². The predicted molar refractivity (Wildman–Crippen MR) is 78.3 cm³/mol. The monoisotopic (exact) mass is 271 g/mol. The quantitative estimate of drug-likeness (QED) is 0.925. The third kappa shape index (κ3) is 2.54. The summed E-state index contributed by atoms with van der Waals surface area (Å²) in [4.78, 5) is 2.24. The topological polar surface area (TPSA) is 23.5 Å². The SMILES string of the molecule is OCc1cc(F)ccc1N1CCC(c2ccccc2)C1.